The van der Waals surface area contributed by atoms with E-state index in [1.54, 1.807) is 47.6 Å². The number of rotatable bonds is 8. The molecule has 2 fully saturated rings. The quantitative estimate of drug-likeness (QED) is 0.402. The first-order valence-electron chi connectivity index (χ1n) is 15.8. The minimum atomic E-state index is -0.876. The molecule has 2 aromatic carbocycles. The van der Waals surface area contributed by atoms with Crippen LogP contribution < -0.4 is 5.32 Å². The van der Waals surface area contributed by atoms with Gasteiger partial charge in [-0.3, -0.25) is 14.4 Å². The molecule has 3 aromatic rings. The Bertz CT molecular complexity index is 1670. The summed E-state index contributed by atoms with van der Waals surface area (Å²) in [6.07, 6.45) is 3.53. The molecule has 4 atom stereocenters. The second kappa shape index (κ2) is 11.9. The van der Waals surface area contributed by atoms with Gasteiger partial charge in [-0.15, -0.1) is 5.10 Å². The average molecular weight is 624 g/mol. The van der Waals surface area contributed by atoms with Crippen molar-refractivity contribution in [3.63, 3.8) is 0 Å². The van der Waals surface area contributed by atoms with Crippen LogP contribution in [0.3, 0.4) is 0 Å². The Morgan fingerprint density at radius 2 is 1.59 bits per heavy atom. The minimum absolute atomic E-state index is 0.0573. The molecule has 1 N–H and O–H groups in total. The maximum Gasteiger partial charge on any atom is 0.253 e. The number of aromatic nitrogens is 4. The lowest BCUT2D eigenvalue weighted by Crippen LogP contribution is -2.46. The van der Waals surface area contributed by atoms with E-state index in [0.717, 1.165) is 35.1 Å². The lowest BCUT2D eigenvalue weighted by Gasteiger charge is -2.37. The van der Waals surface area contributed by atoms with Crippen LogP contribution in [0.1, 0.15) is 75.0 Å². The van der Waals surface area contributed by atoms with Crippen molar-refractivity contribution >= 4 is 17.7 Å². The lowest BCUT2D eigenvalue weighted by atomic mass is 9.67. The molecule has 1 saturated heterocycles. The summed E-state index contributed by atoms with van der Waals surface area (Å²) < 4.78 is 1.68. The molecular weight excluding hydrogens is 582 g/mol. The summed E-state index contributed by atoms with van der Waals surface area (Å²) in [6, 6.07) is 13.6. The molecule has 0 unspecified atom stereocenters. The molecule has 0 spiro atoms. The number of piperidine rings is 1. The average Bonchev–Trinajstić information content (AvgIpc) is 3.53. The molecule has 46 heavy (non-hydrogen) atoms. The number of hydrogen-bond acceptors (Lipinski definition) is 8. The van der Waals surface area contributed by atoms with Crippen LogP contribution in [0.2, 0.25) is 0 Å². The summed E-state index contributed by atoms with van der Waals surface area (Å²) >= 11 is 0. The van der Waals surface area contributed by atoms with Crippen LogP contribution in [0.25, 0.3) is 0 Å². The molecule has 12 heteroatoms. The first-order valence-corrected chi connectivity index (χ1v) is 15.8. The zero-order valence-corrected chi connectivity index (χ0v) is 27.3. The highest BCUT2D eigenvalue weighted by Gasteiger charge is 2.54. The molecule has 3 aliphatic rings. The van der Waals surface area contributed by atoms with E-state index in [4.69, 9.17) is 0 Å². The van der Waals surface area contributed by atoms with Crippen LogP contribution in [0.4, 0.5) is 0 Å². The van der Waals surface area contributed by atoms with Gasteiger partial charge < -0.3 is 20.0 Å². The third-order valence-electron chi connectivity index (χ3n) is 9.86. The Balaban J connectivity index is 1.44. The van der Waals surface area contributed by atoms with E-state index in [9.17, 15) is 19.6 Å². The number of nitriles is 1. The summed E-state index contributed by atoms with van der Waals surface area (Å²) in [5, 5.41) is 26.0. The van der Waals surface area contributed by atoms with Crippen LogP contribution in [0.15, 0.2) is 36.4 Å². The predicted octanol–water partition coefficient (Wildman–Crippen LogP) is 1.93. The summed E-state index contributed by atoms with van der Waals surface area (Å²) in [7, 11) is 8.77. The second-order valence-corrected chi connectivity index (χ2v) is 13.4. The zero-order valence-electron chi connectivity index (χ0n) is 27.3. The number of benzene rings is 2. The van der Waals surface area contributed by atoms with Crippen molar-refractivity contribution in [3.8, 4) is 6.07 Å². The van der Waals surface area contributed by atoms with E-state index in [2.05, 4.69) is 26.9 Å². The summed E-state index contributed by atoms with van der Waals surface area (Å²) in [4.78, 5) is 44.4. The first kappa shape index (κ1) is 31.4. The molecule has 3 amide bonds. The van der Waals surface area contributed by atoms with Gasteiger partial charge in [0.05, 0.1) is 18.0 Å². The lowest BCUT2D eigenvalue weighted by molar-refractivity contribution is -0.131. The highest BCUT2D eigenvalue weighted by Crippen LogP contribution is 2.49. The number of likely N-dealkylation sites (tertiary alicyclic amines) is 1. The molecule has 2 aliphatic carbocycles. The van der Waals surface area contributed by atoms with Crippen LogP contribution in [0.5, 0.6) is 0 Å². The molecular formula is C34H41N9O3. The van der Waals surface area contributed by atoms with Crippen LogP contribution >= 0.6 is 0 Å². The zero-order chi connectivity index (χ0) is 32.9. The number of hydrogen-bond donors (Lipinski definition) is 1. The normalized spacial score (nSPS) is 21.2. The predicted molar refractivity (Wildman–Crippen MR) is 170 cm³/mol. The van der Waals surface area contributed by atoms with Gasteiger partial charge in [-0.05, 0) is 102 Å². The molecule has 2 heterocycles. The largest absolute Gasteiger partial charge is 0.345 e. The molecule has 1 aromatic heterocycles. The van der Waals surface area contributed by atoms with Crippen molar-refractivity contribution < 1.29 is 14.4 Å². The van der Waals surface area contributed by atoms with E-state index >= 15 is 0 Å². The van der Waals surface area contributed by atoms with Crippen LogP contribution in [-0.2, 0) is 30.1 Å². The molecule has 1 aliphatic heterocycles. The highest BCUT2D eigenvalue weighted by atomic mass is 16.2. The third-order valence-corrected chi connectivity index (χ3v) is 9.86. The van der Waals surface area contributed by atoms with Gasteiger partial charge in [0.15, 0.2) is 5.82 Å². The number of carbonyl (C=O) groups is 3. The topological polar surface area (TPSA) is 140 Å². The van der Waals surface area contributed by atoms with E-state index in [1.165, 1.54) is 0 Å². The number of amides is 3. The molecule has 240 valence electrons. The Labute approximate surface area is 269 Å². The fourth-order valence-electron chi connectivity index (χ4n) is 7.59. The number of tetrazole rings is 1. The Hall–Kier alpha value is -4.63. The van der Waals surface area contributed by atoms with Crippen molar-refractivity contribution in [2.45, 2.75) is 62.6 Å². The summed E-state index contributed by atoms with van der Waals surface area (Å²) in [5.41, 5.74) is 4.28. The minimum Gasteiger partial charge on any atom is -0.345 e. The third kappa shape index (κ3) is 5.32. The maximum atomic E-state index is 13.4. The molecule has 1 saturated carbocycles. The van der Waals surface area contributed by atoms with Gasteiger partial charge in [-0.2, -0.15) is 5.26 Å². The monoisotopic (exact) mass is 623 g/mol. The van der Waals surface area contributed by atoms with Crippen molar-refractivity contribution in [2.24, 2.45) is 13.0 Å². The van der Waals surface area contributed by atoms with Gasteiger partial charge in [0.2, 0.25) is 5.91 Å². The van der Waals surface area contributed by atoms with Crippen molar-refractivity contribution in [3.05, 3.63) is 75.6 Å². The summed E-state index contributed by atoms with van der Waals surface area (Å²) in [6.45, 7) is 2.16. The number of aryl methyl sites for hydroxylation is 3. The Kier molecular flexibility index (Phi) is 8.14. The van der Waals surface area contributed by atoms with E-state index in [0.29, 0.717) is 42.1 Å². The number of carbonyl (C=O) groups excluding carboxylic acids is 3. The smallest absolute Gasteiger partial charge is 0.253 e. The maximum absolute atomic E-state index is 13.4. The summed E-state index contributed by atoms with van der Waals surface area (Å²) in [5.74, 6) is 0.847. The standard InChI is InChI=1S/C34H41N9O3/c1-20(36-19-30(44)43-26(18-35)15-25-16-29(25)43)17-34(33-37-38-39-42(33)6)27-11-9-23(31(45)40(2)3)13-21(27)7-8-22-14-24(10-12-28(22)34)32(46)41(4)5/h9-14,20,25-26,29,36H,7-8,15-17,19H2,1-6H3/t20-,25+,26-,29-/m0/s1. The van der Waals surface area contributed by atoms with Gasteiger partial charge in [0.25, 0.3) is 11.8 Å². The number of nitrogens with zero attached hydrogens (tertiary/aromatic N) is 8. The van der Waals surface area contributed by atoms with Crippen molar-refractivity contribution in [1.29, 1.82) is 5.26 Å². The van der Waals surface area contributed by atoms with Crippen molar-refractivity contribution in [1.82, 2.24) is 40.2 Å². The van der Waals surface area contributed by atoms with Gasteiger partial charge in [-0.1, -0.05) is 12.1 Å². The van der Waals surface area contributed by atoms with Gasteiger partial charge in [0, 0.05) is 58.4 Å². The SMILES string of the molecule is C[C@@H](CC1(c2nnnn2C)c2ccc(C(=O)N(C)C)cc2CCc2cc(C(=O)N(C)C)ccc21)NCC(=O)N1[C@H](C#N)C[C@@H]2C[C@@H]21. The fraction of sp³-hybridized carbons (Fsp3) is 0.500. The van der Waals surface area contributed by atoms with E-state index in [1.807, 2.05) is 50.4 Å². The van der Waals surface area contributed by atoms with Gasteiger partial charge in [0.1, 0.15) is 6.04 Å². The molecule has 0 bridgehead atoms. The fourth-order valence-corrected chi connectivity index (χ4v) is 7.59. The van der Waals surface area contributed by atoms with Crippen LogP contribution in [-0.4, -0.2) is 105 Å². The Morgan fingerprint density at radius 1 is 1.00 bits per heavy atom. The van der Waals surface area contributed by atoms with Gasteiger partial charge in [-0.25, -0.2) is 4.68 Å². The second-order valence-electron chi connectivity index (χ2n) is 13.4. The molecule has 6 rings (SSSR count). The number of fused-ring (bicyclic) bond motifs is 3. The first-order chi connectivity index (χ1) is 22.0. The molecule has 0 radical (unpaired) electrons. The van der Waals surface area contributed by atoms with E-state index < -0.39 is 5.41 Å². The van der Waals surface area contributed by atoms with E-state index in [-0.39, 0.29) is 42.4 Å². The van der Waals surface area contributed by atoms with Crippen LogP contribution in [0, 0.1) is 17.2 Å². The number of nitrogens with one attached hydrogen (secondary N) is 1. The van der Waals surface area contributed by atoms with Crippen molar-refractivity contribution in [2.75, 3.05) is 34.7 Å². The highest BCUT2D eigenvalue weighted by molar-refractivity contribution is 5.95. The van der Waals surface area contributed by atoms with Gasteiger partial charge >= 0.3 is 0 Å². The molecule has 12 nitrogen and oxygen atoms in total. The Morgan fingerprint density at radius 3 is 2.09 bits per heavy atom.